The molecule has 0 radical (unpaired) electrons. The van der Waals surface area contributed by atoms with Crippen molar-refractivity contribution in [2.75, 3.05) is 19.3 Å². The lowest BCUT2D eigenvalue weighted by atomic mass is 10.1. The van der Waals surface area contributed by atoms with E-state index < -0.39 is 0 Å². The summed E-state index contributed by atoms with van der Waals surface area (Å²) in [5.74, 6) is 1.28. The molecule has 98 valence electrons. The zero-order chi connectivity index (χ0) is 13.4. The van der Waals surface area contributed by atoms with Crippen molar-refractivity contribution >= 4 is 34.8 Å². The molecule has 0 aliphatic heterocycles. The van der Waals surface area contributed by atoms with Crippen molar-refractivity contribution in [1.82, 2.24) is 4.90 Å². The largest absolute Gasteiger partial charge is 0.397 e. The van der Waals surface area contributed by atoms with Crippen molar-refractivity contribution in [2.45, 2.75) is 13.3 Å². The first-order chi connectivity index (χ1) is 8.40. The van der Waals surface area contributed by atoms with Gasteiger partial charge in [-0.05, 0) is 30.4 Å². The molecule has 1 amide bonds. The van der Waals surface area contributed by atoms with Gasteiger partial charge in [-0.2, -0.15) is 0 Å². The number of hydrogen-bond acceptors (Lipinski definition) is 2. The molecule has 0 spiro atoms. The lowest BCUT2D eigenvalue weighted by Gasteiger charge is -2.17. The van der Waals surface area contributed by atoms with Crippen LogP contribution in [0, 0.1) is 11.8 Å². The Balaban J connectivity index is 2.13. The van der Waals surface area contributed by atoms with Crippen molar-refractivity contribution in [2.24, 2.45) is 11.8 Å². The molecule has 1 aliphatic rings. The molecular weight excluding hydrogens is 271 g/mol. The van der Waals surface area contributed by atoms with Crippen LogP contribution in [0.15, 0.2) is 12.1 Å². The predicted octanol–water partition coefficient (Wildman–Crippen LogP) is 3.30. The number of carbonyl (C=O) groups excluding carboxylic acids is 1. The summed E-state index contributed by atoms with van der Waals surface area (Å²) in [6.45, 7) is 2.97. The Kier molecular flexibility index (Phi) is 3.74. The number of hydrogen-bond donors (Lipinski definition) is 1. The van der Waals surface area contributed by atoms with E-state index in [0.717, 1.165) is 12.5 Å². The summed E-state index contributed by atoms with van der Waals surface area (Å²) in [7, 11) is 1.80. The molecule has 0 bridgehead atoms. The molecule has 2 N–H and O–H groups in total. The van der Waals surface area contributed by atoms with Gasteiger partial charge >= 0.3 is 0 Å². The Morgan fingerprint density at radius 3 is 2.61 bits per heavy atom. The molecule has 3 nitrogen and oxygen atoms in total. The fourth-order valence-electron chi connectivity index (χ4n) is 2.04. The number of anilines is 1. The number of amides is 1. The third kappa shape index (κ3) is 2.73. The molecule has 1 aromatic rings. The topological polar surface area (TPSA) is 46.3 Å². The van der Waals surface area contributed by atoms with Crippen LogP contribution in [0.3, 0.4) is 0 Å². The smallest absolute Gasteiger partial charge is 0.253 e. The number of carbonyl (C=O) groups is 1. The summed E-state index contributed by atoms with van der Waals surface area (Å²) in [5, 5.41) is 0.611. The fourth-order valence-corrected chi connectivity index (χ4v) is 2.38. The monoisotopic (exact) mass is 286 g/mol. The van der Waals surface area contributed by atoms with Crippen molar-refractivity contribution in [1.29, 1.82) is 0 Å². The van der Waals surface area contributed by atoms with E-state index in [4.69, 9.17) is 28.9 Å². The normalized spacial score (nSPS) is 21.8. The molecule has 2 unspecified atom stereocenters. The molecule has 18 heavy (non-hydrogen) atoms. The van der Waals surface area contributed by atoms with E-state index in [1.807, 2.05) is 0 Å². The summed E-state index contributed by atoms with van der Waals surface area (Å²) in [6, 6.07) is 3.14. The van der Waals surface area contributed by atoms with E-state index in [9.17, 15) is 4.79 Å². The van der Waals surface area contributed by atoms with Crippen molar-refractivity contribution in [3.8, 4) is 0 Å². The summed E-state index contributed by atoms with van der Waals surface area (Å²) >= 11 is 11.8. The number of benzene rings is 1. The van der Waals surface area contributed by atoms with Crippen LogP contribution in [0.25, 0.3) is 0 Å². The summed E-state index contributed by atoms with van der Waals surface area (Å²) in [5.41, 5.74) is 6.53. The Hall–Kier alpha value is -0.930. The second-order valence-electron chi connectivity index (χ2n) is 5.02. The van der Waals surface area contributed by atoms with Crippen LogP contribution in [0.5, 0.6) is 0 Å². The van der Waals surface area contributed by atoms with Gasteiger partial charge in [0.05, 0.1) is 15.7 Å². The van der Waals surface area contributed by atoms with Crippen LogP contribution >= 0.6 is 23.2 Å². The first-order valence-corrected chi connectivity index (χ1v) is 6.65. The number of nitrogen functional groups attached to an aromatic ring is 1. The lowest BCUT2D eigenvalue weighted by molar-refractivity contribution is 0.0787. The Morgan fingerprint density at radius 2 is 2.11 bits per heavy atom. The molecule has 1 fully saturated rings. The average molecular weight is 287 g/mol. The summed E-state index contributed by atoms with van der Waals surface area (Å²) < 4.78 is 0. The number of rotatable bonds is 3. The minimum absolute atomic E-state index is 0.0700. The second kappa shape index (κ2) is 4.98. The van der Waals surface area contributed by atoms with E-state index in [2.05, 4.69) is 6.92 Å². The van der Waals surface area contributed by atoms with Crippen LogP contribution in [-0.2, 0) is 0 Å². The number of nitrogens with two attached hydrogens (primary N) is 1. The Labute approximate surface area is 117 Å². The van der Waals surface area contributed by atoms with Crippen LogP contribution in [0.2, 0.25) is 10.0 Å². The molecule has 1 saturated carbocycles. The van der Waals surface area contributed by atoms with Gasteiger partial charge in [0.15, 0.2) is 0 Å². The lowest BCUT2D eigenvalue weighted by Crippen LogP contribution is -2.29. The van der Waals surface area contributed by atoms with Gasteiger partial charge in [-0.1, -0.05) is 30.1 Å². The standard InChI is InChI=1S/C13H16Cl2N2O/c1-7-3-9(7)6-17(2)13(18)8-4-10(14)12(15)11(16)5-8/h4-5,7,9H,3,6,16H2,1-2H3. The average Bonchev–Trinajstić information content (AvgIpc) is 3.00. The molecule has 0 saturated heterocycles. The maximum absolute atomic E-state index is 12.2. The van der Waals surface area contributed by atoms with Gasteiger partial charge in [0.2, 0.25) is 0 Å². The molecule has 0 heterocycles. The third-order valence-corrected chi connectivity index (χ3v) is 4.25. The zero-order valence-electron chi connectivity index (χ0n) is 10.4. The van der Waals surface area contributed by atoms with E-state index in [-0.39, 0.29) is 5.91 Å². The van der Waals surface area contributed by atoms with Crippen molar-refractivity contribution < 1.29 is 4.79 Å². The quantitative estimate of drug-likeness (QED) is 0.867. The third-order valence-electron chi connectivity index (χ3n) is 3.43. The van der Waals surface area contributed by atoms with Crippen molar-refractivity contribution in [3.05, 3.63) is 27.7 Å². The van der Waals surface area contributed by atoms with Gasteiger partial charge in [-0.15, -0.1) is 0 Å². The van der Waals surface area contributed by atoms with Crippen LogP contribution < -0.4 is 5.73 Å². The highest BCUT2D eigenvalue weighted by Gasteiger charge is 2.34. The minimum atomic E-state index is -0.0700. The highest BCUT2D eigenvalue weighted by Crippen LogP contribution is 2.38. The SMILES string of the molecule is CC1CC1CN(C)C(=O)c1cc(N)c(Cl)c(Cl)c1. The Morgan fingerprint density at radius 1 is 1.50 bits per heavy atom. The first-order valence-electron chi connectivity index (χ1n) is 5.90. The minimum Gasteiger partial charge on any atom is -0.397 e. The van der Waals surface area contributed by atoms with Crippen molar-refractivity contribution in [3.63, 3.8) is 0 Å². The molecule has 2 atom stereocenters. The van der Waals surface area contributed by atoms with Gasteiger partial charge in [0, 0.05) is 19.2 Å². The van der Waals surface area contributed by atoms with Crippen LogP contribution in [0.4, 0.5) is 5.69 Å². The number of halogens is 2. The second-order valence-corrected chi connectivity index (χ2v) is 5.81. The van der Waals surface area contributed by atoms with Crippen LogP contribution in [0.1, 0.15) is 23.7 Å². The van der Waals surface area contributed by atoms with E-state index in [0.29, 0.717) is 27.2 Å². The molecule has 5 heteroatoms. The fraction of sp³-hybridized carbons (Fsp3) is 0.462. The highest BCUT2D eigenvalue weighted by atomic mass is 35.5. The molecule has 2 rings (SSSR count). The van der Waals surface area contributed by atoms with E-state index >= 15 is 0 Å². The summed E-state index contributed by atoms with van der Waals surface area (Å²) in [6.07, 6.45) is 1.20. The zero-order valence-corrected chi connectivity index (χ0v) is 11.9. The predicted molar refractivity (Wildman–Crippen MR) is 75.1 cm³/mol. The van der Waals surface area contributed by atoms with Gasteiger partial charge in [-0.25, -0.2) is 0 Å². The first kappa shape index (κ1) is 13.5. The van der Waals surface area contributed by atoms with Gasteiger partial charge in [-0.3, -0.25) is 4.79 Å². The molecule has 1 aliphatic carbocycles. The highest BCUT2D eigenvalue weighted by molar-refractivity contribution is 6.43. The molecular formula is C13H16Cl2N2O. The van der Waals surface area contributed by atoms with Gasteiger partial charge < -0.3 is 10.6 Å². The van der Waals surface area contributed by atoms with Gasteiger partial charge in [0.25, 0.3) is 5.91 Å². The maximum atomic E-state index is 12.2. The number of nitrogens with zero attached hydrogens (tertiary/aromatic N) is 1. The molecule has 1 aromatic carbocycles. The van der Waals surface area contributed by atoms with Crippen LogP contribution in [-0.4, -0.2) is 24.4 Å². The Bertz CT molecular complexity index is 467. The van der Waals surface area contributed by atoms with E-state index in [1.165, 1.54) is 6.42 Å². The maximum Gasteiger partial charge on any atom is 0.253 e. The molecule has 0 aromatic heterocycles. The summed E-state index contributed by atoms with van der Waals surface area (Å²) in [4.78, 5) is 13.9. The van der Waals surface area contributed by atoms with Gasteiger partial charge in [0.1, 0.15) is 0 Å². The van der Waals surface area contributed by atoms with E-state index in [1.54, 1.807) is 24.1 Å².